The van der Waals surface area contributed by atoms with Gasteiger partial charge in [0.2, 0.25) is 0 Å². The van der Waals surface area contributed by atoms with E-state index in [1.165, 1.54) is 6.92 Å². The molecule has 0 fully saturated rings. The summed E-state index contributed by atoms with van der Waals surface area (Å²) in [4.78, 5) is 0. The molecule has 0 spiro atoms. The molecule has 1 unspecified atom stereocenters. The van der Waals surface area contributed by atoms with Crippen molar-refractivity contribution >= 4 is 0 Å². The maximum atomic E-state index is 11.5. The highest BCUT2D eigenvalue weighted by Crippen LogP contribution is 2.03. The van der Waals surface area contributed by atoms with Crippen LogP contribution in [0.4, 0.5) is 8.78 Å². The Kier molecular flexibility index (Phi) is 4.53. The highest BCUT2D eigenvalue weighted by atomic mass is 19.3. The molecule has 1 atom stereocenters. The van der Waals surface area contributed by atoms with Crippen LogP contribution >= 0.6 is 0 Å². The Morgan fingerprint density at radius 2 is 2.11 bits per heavy atom. The second-order valence-corrected chi connectivity index (χ2v) is 1.63. The molecule has 0 aromatic heterocycles. The lowest BCUT2D eigenvalue weighted by atomic mass is 10.4. The first kappa shape index (κ1) is 8.78. The van der Waals surface area contributed by atoms with E-state index in [0.717, 1.165) is 0 Å². The molecule has 0 radical (unpaired) electrons. The van der Waals surface area contributed by atoms with Gasteiger partial charge in [0, 0.05) is 0 Å². The third-order valence-electron chi connectivity index (χ3n) is 0.827. The minimum atomic E-state index is -2.46. The Morgan fingerprint density at radius 3 is 2.44 bits per heavy atom. The van der Waals surface area contributed by atoms with Gasteiger partial charge in [0.1, 0.15) is 6.10 Å². The van der Waals surface area contributed by atoms with Gasteiger partial charge in [-0.25, -0.2) is 8.78 Å². The summed E-state index contributed by atoms with van der Waals surface area (Å²) in [5.74, 6) is 0. The molecular formula is C5H10F2O2. The summed E-state index contributed by atoms with van der Waals surface area (Å²) >= 11 is 0. The molecule has 0 saturated carbocycles. The number of aliphatic hydroxyl groups is 1. The van der Waals surface area contributed by atoms with Crippen LogP contribution in [0.3, 0.4) is 0 Å². The van der Waals surface area contributed by atoms with Gasteiger partial charge >= 0.3 is 0 Å². The lowest BCUT2D eigenvalue weighted by molar-refractivity contribution is -0.0537. The molecule has 0 aliphatic carbocycles. The van der Waals surface area contributed by atoms with Crippen LogP contribution in [0.25, 0.3) is 0 Å². The maximum Gasteiger partial charge on any atom is 0.264 e. The summed E-state index contributed by atoms with van der Waals surface area (Å²) in [6, 6.07) is 0. The monoisotopic (exact) mass is 140 g/mol. The summed E-state index contributed by atoms with van der Waals surface area (Å²) in [6.45, 7) is 1.03. The molecule has 0 aromatic rings. The average molecular weight is 140 g/mol. The first-order chi connectivity index (χ1) is 4.18. The van der Waals surface area contributed by atoms with Crippen LogP contribution in [0.2, 0.25) is 0 Å². The van der Waals surface area contributed by atoms with Crippen LogP contribution in [-0.4, -0.2) is 30.8 Å². The summed E-state index contributed by atoms with van der Waals surface area (Å²) in [6.07, 6.45) is -3.53. The van der Waals surface area contributed by atoms with Crippen molar-refractivity contribution in [3.63, 3.8) is 0 Å². The van der Waals surface area contributed by atoms with E-state index in [1.807, 2.05) is 0 Å². The average Bonchev–Trinajstić information content (AvgIpc) is 1.82. The summed E-state index contributed by atoms with van der Waals surface area (Å²) in [5.41, 5.74) is 0. The molecule has 0 rings (SSSR count). The van der Waals surface area contributed by atoms with Crippen molar-refractivity contribution in [3.8, 4) is 0 Å². The van der Waals surface area contributed by atoms with Crippen LogP contribution < -0.4 is 0 Å². The quantitative estimate of drug-likeness (QED) is 0.621. The SMILES string of the molecule is CC(OCCO)C(F)F. The zero-order valence-corrected chi connectivity index (χ0v) is 5.18. The molecule has 0 bridgehead atoms. The highest BCUT2D eigenvalue weighted by molar-refractivity contribution is 4.50. The molecule has 0 amide bonds. The molecule has 0 heterocycles. The number of hydrogen-bond acceptors (Lipinski definition) is 2. The van der Waals surface area contributed by atoms with E-state index in [2.05, 4.69) is 4.74 Å². The fraction of sp³-hybridized carbons (Fsp3) is 1.00. The second kappa shape index (κ2) is 4.64. The smallest absolute Gasteiger partial charge is 0.264 e. The van der Waals surface area contributed by atoms with Crippen LogP contribution in [0, 0.1) is 0 Å². The largest absolute Gasteiger partial charge is 0.394 e. The van der Waals surface area contributed by atoms with E-state index in [0.29, 0.717) is 0 Å². The van der Waals surface area contributed by atoms with Gasteiger partial charge in [-0.1, -0.05) is 0 Å². The van der Waals surface area contributed by atoms with Gasteiger partial charge in [-0.05, 0) is 6.92 Å². The van der Waals surface area contributed by atoms with Gasteiger partial charge < -0.3 is 9.84 Å². The van der Waals surface area contributed by atoms with Crippen molar-refractivity contribution < 1.29 is 18.6 Å². The lowest BCUT2D eigenvalue weighted by Gasteiger charge is -2.09. The van der Waals surface area contributed by atoms with Gasteiger partial charge in [0.25, 0.3) is 6.43 Å². The van der Waals surface area contributed by atoms with Crippen LogP contribution in [0.5, 0.6) is 0 Å². The Bertz CT molecular complexity index is 68.0. The predicted octanol–water partition coefficient (Wildman–Crippen LogP) is 0.649. The van der Waals surface area contributed by atoms with E-state index in [1.54, 1.807) is 0 Å². The summed E-state index contributed by atoms with van der Waals surface area (Å²) < 4.78 is 27.5. The maximum absolute atomic E-state index is 11.5. The standard InChI is InChI=1S/C5H10F2O2/c1-4(5(6)7)9-3-2-8/h4-5,8H,2-3H2,1H3. The molecule has 0 aliphatic heterocycles. The molecule has 2 nitrogen and oxygen atoms in total. The molecule has 0 saturated heterocycles. The van der Waals surface area contributed by atoms with Gasteiger partial charge in [-0.3, -0.25) is 0 Å². The Balaban J connectivity index is 3.16. The highest BCUT2D eigenvalue weighted by Gasteiger charge is 2.13. The normalized spacial score (nSPS) is 14.3. The van der Waals surface area contributed by atoms with Crippen molar-refractivity contribution in [2.24, 2.45) is 0 Å². The fourth-order valence-corrected chi connectivity index (χ4v) is 0.311. The summed E-state index contributed by atoms with van der Waals surface area (Å²) in [7, 11) is 0. The van der Waals surface area contributed by atoms with E-state index in [-0.39, 0.29) is 13.2 Å². The van der Waals surface area contributed by atoms with Gasteiger partial charge in [-0.15, -0.1) is 0 Å². The molecule has 4 heteroatoms. The number of ether oxygens (including phenoxy) is 1. The topological polar surface area (TPSA) is 29.5 Å². The third-order valence-corrected chi connectivity index (χ3v) is 0.827. The zero-order chi connectivity index (χ0) is 7.28. The number of alkyl halides is 2. The summed E-state index contributed by atoms with van der Waals surface area (Å²) in [5, 5.41) is 8.13. The number of halogens is 2. The van der Waals surface area contributed by atoms with Gasteiger partial charge in [0.15, 0.2) is 0 Å². The van der Waals surface area contributed by atoms with Gasteiger partial charge in [-0.2, -0.15) is 0 Å². The predicted molar refractivity (Wildman–Crippen MR) is 28.5 cm³/mol. The van der Waals surface area contributed by atoms with Crippen molar-refractivity contribution in [1.29, 1.82) is 0 Å². The van der Waals surface area contributed by atoms with Crippen LogP contribution in [0.1, 0.15) is 6.92 Å². The van der Waals surface area contributed by atoms with Crippen LogP contribution in [0.15, 0.2) is 0 Å². The second-order valence-electron chi connectivity index (χ2n) is 1.63. The number of rotatable bonds is 4. The minimum Gasteiger partial charge on any atom is -0.394 e. The minimum absolute atomic E-state index is 0.0223. The number of hydrogen-bond donors (Lipinski definition) is 1. The van der Waals surface area contributed by atoms with Gasteiger partial charge in [0.05, 0.1) is 13.2 Å². The molecule has 0 aliphatic rings. The van der Waals surface area contributed by atoms with E-state index in [4.69, 9.17) is 5.11 Å². The first-order valence-corrected chi connectivity index (χ1v) is 2.69. The van der Waals surface area contributed by atoms with Crippen LogP contribution in [-0.2, 0) is 4.74 Å². The van der Waals surface area contributed by atoms with Crippen molar-refractivity contribution in [3.05, 3.63) is 0 Å². The molecule has 0 aromatic carbocycles. The van der Waals surface area contributed by atoms with Crippen molar-refractivity contribution in [2.75, 3.05) is 13.2 Å². The Hall–Kier alpha value is -0.220. The first-order valence-electron chi connectivity index (χ1n) is 2.69. The molecular weight excluding hydrogens is 130 g/mol. The zero-order valence-electron chi connectivity index (χ0n) is 5.18. The molecule has 1 N–H and O–H groups in total. The molecule has 9 heavy (non-hydrogen) atoms. The van der Waals surface area contributed by atoms with E-state index >= 15 is 0 Å². The molecule has 56 valence electrons. The van der Waals surface area contributed by atoms with Crippen molar-refractivity contribution in [2.45, 2.75) is 19.5 Å². The fourth-order valence-electron chi connectivity index (χ4n) is 0.311. The Morgan fingerprint density at radius 1 is 1.56 bits per heavy atom. The third kappa shape index (κ3) is 4.29. The van der Waals surface area contributed by atoms with E-state index < -0.39 is 12.5 Å². The van der Waals surface area contributed by atoms with E-state index in [9.17, 15) is 8.78 Å². The lowest BCUT2D eigenvalue weighted by Crippen LogP contribution is -2.19. The Labute approximate surface area is 52.4 Å². The number of aliphatic hydroxyl groups excluding tert-OH is 1. The van der Waals surface area contributed by atoms with Crippen molar-refractivity contribution in [1.82, 2.24) is 0 Å².